The number of benzene rings is 3. The van der Waals surface area contributed by atoms with Crippen LogP contribution >= 0.6 is 11.6 Å². The number of aryl methyl sites for hydroxylation is 2. The van der Waals surface area contributed by atoms with Crippen LogP contribution in [0.3, 0.4) is 0 Å². The van der Waals surface area contributed by atoms with E-state index < -0.39 is 10.0 Å². The van der Waals surface area contributed by atoms with Crippen LogP contribution in [0.2, 0.25) is 5.02 Å². The minimum absolute atomic E-state index is 0.0411. The van der Waals surface area contributed by atoms with Crippen LogP contribution in [0, 0.1) is 6.92 Å². The van der Waals surface area contributed by atoms with E-state index in [0.29, 0.717) is 5.69 Å². The molecular weight excluding hydrogens is 432 g/mol. The molecule has 3 aromatic rings. The largest absolute Gasteiger partial charge is 0.346 e. The van der Waals surface area contributed by atoms with Crippen LogP contribution in [0.15, 0.2) is 71.6 Å². The van der Waals surface area contributed by atoms with Crippen molar-refractivity contribution in [2.45, 2.75) is 38.1 Å². The molecule has 0 heterocycles. The summed E-state index contributed by atoms with van der Waals surface area (Å²) in [7, 11) is -3.96. The van der Waals surface area contributed by atoms with Gasteiger partial charge in [0.15, 0.2) is 0 Å². The Balaban J connectivity index is 1.80. The molecule has 0 saturated carbocycles. The van der Waals surface area contributed by atoms with Crippen molar-refractivity contribution in [1.29, 1.82) is 0 Å². The van der Waals surface area contributed by atoms with Gasteiger partial charge in [-0.25, -0.2) is 8.42 Å². The predicted molar refractivity (Wildman–Crippen MR) is 125 cm³/mol. The average molecular weight is 457 g/mol. The van der Waals surface area contributed by atoms with Crippen LogP contribution in [-0.2, 0) is 16.4 Å². The van der Waals surface area contributed by atoms with E-state index in [-0.39, 0.29) is 27.4 Å². The first kappa shape index (κ1) is 22.8. The van der Waals surface area contributed by atoms with Crippen LogP contribution in [0.1, 0.15) is 46.9 Å². The standard InChI is InChI=1S/C24H25ClN2O3S/c1-4-18-7-9-19(10-8-18)17(3)26-24(28)20-11-14-22(25)23(15-20)31(29,30)27-21-12-5-16(2)6-13-21/h5-15,17,27H,4H2,1-3H3,(H,26,28)/t17-/m1/s1. The van der Waals surface area contributed by atoms with Crippen molar-refractivity contribution in [3.63, 3.8) is 0 Å². The number of hydrogen-bond acceptors (Lipinski definition) is 3. The fourth-order valence-corrected chi connectivity index (χ4v) is 4.67. The van der Waals surface area contributed by atoms with E-state index in [1.165, 1.54) is 23.8 Å². The van der Waals surface area contributed by atoms with E-state index in [0.717, 1.165) is 17.5 Å². The number of carbonyl (C=O) groups is 1. The van der Waals surface area contributed by atoms with Crippen molar-refractivity contribution in [2.75, 3.05) is 4.72 Å². The molecule has 5 nitrogen and oxygen atoms in total. The fraction of sp³-hybridized carbons (Fsp3) is 0.208. The lowest BCUT2D eigenvalue weighted by molar-refractivity contribution is 0.0939. The second kappa shape index (κ2) is 9.54. The molecule has 162 valence electrons. The first-order chi connectivity index (χ1) is 14.7. The van der Waals surface area contributed by atoms with Gasteiger partial charge in [0.1, 0.15) is 4.90 Å². The zero-order chi connectivity index (χ0) is 22.6. The molecule has 31 heavy (non-hydrogen) atoms. The number of hydrogen-bond donors (Lipinski definition) is 2. The fourth-order valence-electron chi connectivity index (χ4n) is 3.09. The number of carbonyl (C=O) groups excluding carboxylic acids is 1. The molecule has 0 radical (unpaired) electrons. The zero-order valence-electron chi connectivity index (χ0n) is 17.6. The Kier molecular flexibility index (Phi) is 7.03. The van der Waals surface area contributed by atoms with Crippen molar-refractivity contribution in [2.24, 2.45) is 0 Å². The highest BCUT2D eigenvalue weighted by Crippen LogP contribution is 2.26. The number of rotatable bonds is 7. The molecule has 2 N–H and O–H groups in total. The third kappa shape index (κ3) is 5.66. The van der Waals surface area contributed by atoms with Gasteiger partial charge in [-0.3, -0.25) is 9.52 Å². The van der Waals surface area contributed by atoms with Crippen molar-refractivity contribution >= 4 is 33.2 Å². The molecule has 0 bridgehead atoms. The van der Waals surface area contributed by atoms with Crippen LogP contribution in [-0.4, -0.2) is 14.3 Å². The molecule has 7 heteroatoms. The van der Waals surface area contributed by atoms with Crippen LogP contribution < -0.4 is 10.0 Å². The number of amides is 1. The van der Waals surface area contributed by atoms with Gasteiger partial charge in [0.05, 0.1) is 11.1 Å². The van der Waals surface area contributed by atoms with Crippen molar-refractivity contribution in [3.8, 4) is 0 Å². The molecule has 0 aliphatic heterocycles. The third-order valence-corrected chi connectivity index (χ3v) is 6.89. The number of sulfonamides is 1. The predicted octanol–water partition coefficient (Wildman–Crippen LogP) is 5.50. The second-order valence-electron chi connectivity index (χ2n) is 7.41. The Morgan fingerprint density at radius 3 is 2.26 bits per heavy atom. The van der Waals surface area contributed by atoms with Gasteiger partial charge in [0.2, 0.25) is 0 Å². The SMILES string of the molecule is CCc1ccc([C@@H](C)NC(=O)c2ccc(Cl)c(S(=O)(=O)Nc3ccc(C)cc3)c2)cc1. The molecule has 0 aromatic heterocycles. The van der Waals surface area contributed by atoms with Gasteiger partial charge in [-0.1, -0.05) is 60.5 Å². The van der Waals surface area contributed by atoms with E-state index in [1.807, 2.05) is 38.1 Å². The first-order valence-corrected chi connectivity index (χ1v) is 11.8. The topological polar surface area (TPSA) is 75.3 Å². The average Bonchev–Trinajstić information content (AvgIpc) is 2.75. The van der Waals surface area contributed by atoms with E-state index >= 15 is 0 Å². The lowest BCUT2D eigenvalue weighted by atomic mass is 10.0. The highest BCUT2D eigenvalue weighted by Gasteiger charge is 2.21. The van der Waals surface area contributed by atoms with Crippen molar-refractivity contribution < 1.29 is 13.2 Å². The molecule has 3 aromatic carbocycles. The Morgan fingerprint density at radius 1 is 1.00 bits per heavy atom. The summed E-state index contributed by atoms with van der Waals surface area (Å²) >= 11 is 6.16. The molecule has 3 rings (SSSR count). The zero-order valence-corrected chi connectivity index (χ0v) is 19.2. The van der Waals surface area contributed by atoms with Crippen molar-refractivity contribution in [3.05, 3.63) is 94.0 Å². The van der Waals surface area contributed by atoms with Crippen molar-refractivity contribution in [1.82, 2.24) is 5.32 Å². The molecular formula is C24H25ClN2O3S. The Bertz CT molecular complexity index is 1170. The monoisotopic (exact) mass is 456 g/mol. The van der Waals surface area contributed by atoms with Gasteiger partial charge >= 0.3 is 0 Å². The maximum atomic E-state index is 12.9. The minimum Gasteiger partial charge on any atom is -0.346 e. The van der Waals surface area contributed by atoms with E-state index in [1.54, 1.807) is 24.3 Å². The summed E-state index contributed by atoms with van der Waals surface area (Å²) < 4.78 is 28.2. The summed E-state index contributed by atoms with van der Waals surface area (Å²) in [5, 5.41) is 2.95. The molecule has 1 amide bonds. The lowest BCUT2D eigenvalue weighted by Crippen LogP contribution is -2.27. The molecule has 0 saturated heterocycles. The molecule has 1 atom stereocenters. The molecule has 0 aliphatic carbocycles. The van der Waals surface area contributed by atoms with Gasteiger partial charge in [0.25, 0.3) is 15.9 Å². The molecule has 0 fully saturated rings. The van der Waals surface area contributed by atoms with Gasteiger partial charge in [-0.2, -0.15) is 0 Å². The lowest BCUT2D eigenvalue weighted by Gasteiger charge is -2.16. The summed E-state index contributed by atoms with van der Waals surface area (Å²) in [6.45, 7) is 5.88. The number of halogens is 1. The quantitative estimate of drug-likeness (QED) is 0.492. The van der Waals surface area contributed by atoms with Crippen LogP contribution in [0.5, 0.6) is 0 Å². The Hall–Kier alpha value is -2.83. The summed E-state index contributed by atoms with van der Waals surface area (Å²) in [5.41, 5.74) is 3.83. The molecule has 0 aliphatic rings. The molecule has 0 unspecified atom stereocenters. The number of nitrogens with one attached hydrogen (secondary N) is 2. The van der Waals surface area contributed by atoms with Gasteiger partial charge in [-0.15, -0.1) is 0 Å². The molecule has 0 spiro atoms. The first-order valence-electron chi connectivity index (χ1n) is 9.98. The van der Waals surface area contributed by atoms with Gasteiger partial charge in [0, 0.05) is 11.3 Å². The smallest absolute Gasteiger partial charge is 0.263 e. The van der Waals surface area contributed by atoms with E-state index in [4.69, 9.17) is 11.6 Å². The minimum atomic E-state index is -3.96. The van der Waals surface area contributed by atoms with E-state index in [9.17, 15) is 13.2 Å². The maximum absolute atomic E-state index is 12.9. The van der Waals surface area contributed by atoms with Crippen LogP contribution in [0.25, 0.3) is 0 Å². The highest BCUT2D eigenvalue weighted by molar-refractivity contribution is 7.92. The van der Waals surface area contributed by atoms with E-state index in [2.05, 4.69) is 17.0 Å². The normalized spacial score (nSPS) is 12.3. The van der Waals surface area contributed by atoms with Gasteiger partial charge in [-0.05, 0) is 61.7 Å². The highest BCUT2D eigenvalue weighted by atomic mass is 35.5. The summed E-state index contributed by atoms with van der Waals surface area (Å²) in [6.07, 6.45) is 0.944. The summed E-state index contributed by atoms with van der Waals surface area (Å²) in [6, 6.07) is 18.9. The Morgan fingerprint density at radius 2 is 1.65 bits per heavy atom. The third-order valence-electron chi connectivity index (χ3n) is 5.02. The number of anilines is 1. The summed E-state index contributed by atoms with van der Waals surface area (Å²) in [5.74, 6) is -0.379. The Labute approximate surface area is 188 Å². The maximum Gasteiger partial charge on any atom is 0.263 e. The van der Waals surface area contributed by atoms with Crippen LogP contribution in [0.4, 0.5) is 5.69 Å². The second-order valence-corrected chi connectivity index (χ2v) is 9.47. The summed E-state index contributed by atoms with van der Waals surface area (Å²) in [4.78, 5) is 12.6. The van der Waals surface area contributed by atoms with Gasteiger partial charge < -0.3 is 5.32 Å².